The standard InChI is InChI=1S/C27H26ClN3/c1-2-31-25(11-7-17-30-24-15-13-23(28)14-16-24)18-26-22(10-6-12-27(26)31)20-29-19-21-8-4-3-5-9-21/h3-6,8-10,12-16,18,29-30H,2,17,19-20H2,1H3. The zero-order valence-corrected chi connectivity index (χ0v) is 18.4. The number of aryl methyl sites for hydroxylation is 1. The Morgan fingerprint density at radius 1 is 0.903 bits per heavy atom. The lowest BCUT2D eigenvalue weighted by atomic mass is 10.1. The van der Waals surface area contributed by atoms with E-state index in [0.717, 1.165) is 36.0 Å². The van der Waals surface area contributed by atoms with Crippen LogP contribution in [0.4, 0.5) is 5.69 Å². The third-order valence-electron chi connectivity index (χ3n) is 5.28. The molecule has 0 radical (unpaired) electrons. The minimum Gasteiger partial charge on any atom is -0.374 e. The molecule has 4 rings (SSSR count). The molecule has 0 saturated carbocycles. The van der Waals surface area contributed by atoms with Crippen molar-refractivity contribution in [1.29, 1.82) is 0 Å². The fraction of sp³-hybridized carbons (Fsp3) is 0.185. The molecule has 0 atom stereocenters. The predicted octanol–water partition coefficient (Wildman–Crippen LogP) is 6.07. The lowest BCUT2D eigenvalue weighted by Crippen LogP contribution is -2.12. The van der Waals surface area contributed by atoms with E-state index < -0.39 is 0 Å². The number of nitrogens with zero attached hydrogens (tertiary/aromatic N) is 1. The van der Waals surface area contributed by atoms with Crippen LogP contribution >= 0.6 is 11.6 Å². The molecule has 0 unspecified atom stereocenters. The average molecular weight is 428 g/mol. The third-order valence-corrected chi connectivity index (χ3v) is 5.53. The van der Waals surface area contributed by atoms with Crippen LogP contribution in [0.25, 0.3) is 10.9 Å². The summed E-state index contributed by atoms with van der Waals surface area (Å²) in [5.41, 5.74) is 5.88. The van der Waals surface area contributed by atoms with Crippen LogP contribution in [-0.2, 0) is 19.6 Å². The zero-order chi connectivity index (χ0) is 21.5. The molecule has 1 aromatic heterocycles. The Kier molecular flexibility index (Phi) is 6.94. The summed E-state index contributed by atoms with van der Waals surface area (Å²) in [6.07, 6.45) is 0. The molecule has 3 aromatic carbocycles. The SMILES string of the molecule is CCn1c(C#CCNc2ccc(Cl)cc2)cc2c(CNCc3ccccc3)cccc21. The molecule has 3 nitrogen and oxygen atoms in total. The van der Waals surface area contributed by atoms with Crippen molar-refractivity contribution in [3.8, 4) is 11.8 Å². The first-order valence-electron chi connectivity index (χ1n) is 10.6. The van der Waals surface area contributed by atoms with Crippen LogP contribution in [0.2, 0.25) is 5.02 Å². The fourth-order valence-corrected chi connectivity index (χ4v) is 3.86. The van der Waals surface area contributed by atoms with E-state index in [2.05, 4.69) is 82.5 Å². The maximum absolute atomic E-state index is 5.94. The number of aromatic nitrogens is 1. The normalized spacial score (nSPS) is 10.6. The van der Waals surface area contributed by atoms with E-state index in [0.29, 0.717) is 6.54 Å². The van der Waals surface area contributed by atoms with Gasteiger partial charge in [-0.05, 0) is 60.4 Å². The molecule has 2 N–H and O–H groups in total. The van der Waals surface area contributed by atoms with Gasteiger partial charge in [0.2, 0.25) is 0 Å². The van der Waals surface area contributed by atoms with Crippen LogP contribution in [0.5, 0.6) is 0 Å². The highest BCUT2D eigenvalue weighted by atomic mass is 35.5. The van der Waals surface area contributed by atoms with Gasteiger partial charge in [-0.2, -0.15) is 0 Å². The lowest BCUT2D eigenvalue weighted by molar-refractivity contribution is 0.696. The number of rotatable bonds is 7. The van der Waals surface area contributed by atoms with Crippen molar-refractivity contribution in [2.45, 2.75) is 26.6 Å². The molecule has 0 spiro atoms. The number of anilines is 1. The summed E-state index contributed by atoms with van der Waals surface area (Å²) in [5.74, 6) is 6.60. The van der Waals surface area contributed by atoms with Crippen LogP contribution < -0.4 is 10.6 Å². The van der Waals surface area contributed by atoms with Gasteiger partial charge in [0.1, 0.15) is 0 Å². The highest BCUT2D eigenvalue weighted by molar-refractivity contribution is 6.30. The van der Waals surface area contributed by atoms with Gasteiger partial charge in [-0.15, -0.1) is 0 Å². The second kappa shape index (κ2) is 10.2. The Morgan fingerprint density at radius 2 is 1.71 bits per heavy atom. The maximum Gasteiger partial charge on any atom is 0.0931 e. The third kappa shape index (κ3) is 5.30. The van der Waals surface area contributed by atoms with E-state index in [1.54, 1.807) is 0 Å². The van der Waals surface area contributed by atoms with Crippen molar-refractivity contribution in [2.75, 3.05) is 11.9 Å². The fourth-order valence-electron chi connectivity index (χ4n) is 3.73. The summed E-state index contributed by atoms with van der Waals surface area (Å²) in [6, 6.07) is 26.9. The Hall–Kier alpha value is -3.19. The van der Waals surface area contributed by atoms with Crippen molar-refractivity contribution < 1.29 is 0 Å². The largest absolute Gasteiger partial charge is 0.374 e. The van der Waals surface area contributed by atoms with Crippen molar-refractivity contribution in [3.05, 3.63) is 101 Å². The van der Waals surface area contributed by atoms with Gasteiger partial charge in [-0.25, -0.2) is 0 Å². The summed E-state index contributed by atoms with van der Waals surface area (Å²) in [6.45, 7) is 5.31. The van der Waals surface area contributed by atoms with Gasteiger partial charge >= 0.3 is 0 Å². The molecule has 0 aliphatic carbocycles. The maximum atomic E-state index is 5.94. The molecule has 0 bridgehead atoms. The van der Waals surface area contributed by atoms with Crippen LogP contribution in [0, 0.1) is 11.8 Å². The average Bonchev–Trinajstić information content (AvgIpc) is 3.17. The number of hydrogen-bond donors (Lipinski definition) is 2. The van der Waals surface area contributed by atoms with E-state index in [1.165, 1.54) is 22.0 Å². The van der Waals surface area contributed by atoms with Gasteiger partial charge < -0.3 is 15.2 Å². The summed E-state index contributed by atoms with van der Waals surface area (Å²) in [4.78, 5) is 0. The Morgan fingerprint density at radius 3 is 2.48 bits per heavy atom. The van der Waals surface area contributed by atoms with Crippen molar-refractivity contribution >= 4 is 28.2 Å². The second-order valence-electron chi connectivity index (χ2n) is 7.38. The van der Waals surface area contributed by atoms with E-state index in [4.69, 9.17) is 11.6 Å². The van der Waals surface area contributed by atoms with Crippen molar-refractivity contribution in [2.24, 2.45) is 0 Å². The summed E-state index contributed by atoms with van der Waals surface area (Å²) < 4.78 is 2.28. The minimum absolute atomic E-state index is 0.582. The summed E-state index contributed by atoms with van der Waals surface area (Å²) in [5, 5.41) is 8.88. The molecule has 0 fully saturated rings. The van der Waals surface area contributed by atoms with E-state index in [1.807, 2.05) is 30.3 Å². The molecule has 0 amide bonds. The number of nitrogens with one attached hydrogen (secondary N) is 2. The summed E-state index contributed by atoms with van der Waals surface area (Å²) >= 11 is 5.94. The minimum atomic E-state index is 0.582. The first-order valence-corrected chi connectivity index (χ1v) is 11.0. The highest BCUT2D eigenvalue weighted by Crippen LogP contribution is 2.23. The molecule has 31 heavy (non-hydrogen) atoms. The van der Waals surface area contributed by atoms with Gasteiger partial charge in [0, 0.05) is 41.2 Å². The van der Waals surface area contributed by atoms with Gasteiger partial charge in [-0.3, -0.25) is 0 Å². The predicted molar refractivity (Wildman–Crippen MR) is 131 cm³/mol. The molecule has 4 heteroatoms. The molecular formula is C27H26ClN3. The topological polar surface area (TPSA) is 29.0 Å². The van der Waals surface area contributed by atoms with Gasteiger partial charge in [-0.1, -0.05) is 60.0 Å². The van der Waals surface area contributed by atoms with E-state index in [9.17, 15) is 0 Å². The van der Waals surface area contributed by atoms with Gasteiger partial charge in [0.05, 0.1) is 12.2 Å². The van der Waals surface area contributed by atoms with Crippen LogP contribution in [0.3, 0.4) is 0 Å². The van der Waals surface area contributed by atoms with Crippen LogP contribution in [-0.4, -0.2) is 11.1 Å². The Balaban J connectivity index is 1.48. The molecule has 4 aromatic rings. The van der Waals surface area contributed by atoms with Crippen molar-refractivity contribution in [1.82, 2.24) is 9.88 Å². The van der Waals surface area contributed by atoms with Crippen LogP contribution in [0.1, 0.15) is 23.7 Å². The smallest absolute Gasteiger partial charge is 0.0931 e. The van der Waals surface area contributed by atoms with E-state index >= 15 is 0 Å². The quantitative estimate of drug-likeness (QED) is 0.350. The number of fused-ring (bicyclic) bond motifs is 1. The first-order chi connectivity index (χ1) is 15.2. The lowest BCUT2D eigenvalue weighted by Gasteiger charge is -2.08. The van der Waals surface area contributed by atoms with Gasteiger partial charge in [0.25, 0.3) is 0 Å². The monoisotopic (exact) mass is 427 g/mol. The molecule has 1 heterocycles. The number of halogens is 1. The Bertz CT molecular complexity index is 1200. The van der Waals surface area contributed by atoms with Gasteiger partial charge in [0.15, 0.2) is 0 Å². The molecule has 156 valence electrons. The zero-order valence-electron chi connectivity index (χ0n) is 17.7. The summed E-state index contributed by atoms with van der Waals surface area (Å²) in [7, 11) is 0. The Labute approximate surface area is 189 Å². The molecular weight excluding hydrogens is 402 g/mol. The van der Waals surface area contributed by atoms with E-state index in [-0.39, 0.29) is 0 Å². The second-order valence-corrected chi connectivity index (χ2v) is 7.81. The van der Waals surface area contributed by atoms with Crippen molar-refractivity contribution in [3.63, 3.8) is 0 Å². The first kappa shape index (κ1) is 21.1. The molecule has 0 aliphatic heterocycles. The molecule has 0 saturated heterocycles. The number of hydrogen-bond acceptors (Lipinski definition) is 2. The molecule has 0 aliphatic rings. The van der Waals surface area contributed by atoms with Crippen LogP contribution in [0.15, 0.2) is 78.9 Å². The number of benzene rings is 3. The highest BCUT2D eigenvalue weighted by Gasteiger charge is 2.09.